The summed E-state index contributed by atoms with van der Waals surface area (Å²) >= 11 is 4.95. The summed E-state index contributed by atoms with van der Waals surface area (Å²) in [6.07, 6.45) is 6.90. The smallest absolute Gasteiger partial charge is 0.314 e. The van der Waals surface area contributed by atoms with Crippen molar-refractivity contribution in [1.82, 2.24) is 0 Å². The first-order chi connectivity index (χ1) is 19.8. The number of ether oxygens (including phenoxy) is 2. The van der Waals surface area contributed by atoms with E-state index in [0.29, 0.717) is 77.1 Å². The zero-order valence-corrected chi connectivity index (χ0v) is 27.2. The average molecular weight is 631 g/mol. The molecule has 0 fully saturated rings. The fourth-order valence-electron chi connectivity index (χ4n) is 4.26. The number of hydrogen-bond donors (Lipinski definition) is 0. The molecule has 0 bridgehead atoms. The Hall–Kier alpha value is -2.31. The van der Waals surface area contributed by atoms with E-state index in [1.165, 1.54) is 47.0 Å². The third-order valence-electron chi connectivity index (χ3n) is 6.82. The molecule has 2 heterocycles. The van der Waals surface area contributed by atoms with Crippen molar-refractivity contribution in [3.8, 4) is 23.6 Å². The van der Waals surface area contributed by atoms with Crippen LogP contribution in [0.4, 0.5) is 0 Å². The second kappa shape index (κ2) is 15.8. The normalized spacial score (nSPS) is 14.8. The number of thioether (sulfide) groups is 4. The minimum atomic E-state index is -0.348. The van der Waals surface area contributed by atoms with Gasteiger partial charge in [0, 0.05) is 5.57 Å². The lowest BCUT2D eigenvalue weighted by molar-refractivity contribution is -0.141. The lowest BCUT2D eigenvalue weighted by atomic mass is 10.00. The van der Waals surface area contributed by atoms with Gasteiger partial charge in [-0.15, -0.1) is 0 Å². The van der Waals surface area contributed by atoms with Gasteiger partial charge in [0.25, 0.3) is 0 Å². The summed E-state index contributed by atoms with van der Waals surface area (Å²) in [6.45, 7) is 9.78. The number of nitrogens with zero attached hydrogens (tertiary/aromatic N) is 2. The van der Waals surface area contributed by atoms with Crippen LogP contribution in [0.5, 0.6) is 11.5 Å². The van der Waals surface area contributed by atoms with Gasteiger partial charge in [0.1, 0.15) is 11.6 Å². The van der Waals surface area contributed by atoms with E-state index in [9.17, 15) is 24.9 Å². The van der Waals surface area contributed by atoms with Gasteiger partial charge in [-0.1, -0.05) is 100 Å². The Labute approximate surface area is 259 Å². The largest absolute Gasteiger partial charge is 0.424 e. The van der Waals surface area contributed by atoms with Gasteiger partial charge in [0.15, 0.2) is 17.8 Å². The van der Waals surface area contributed by atoms with Crippen molar-refractivity contribution in [2.45, 2.75) is 106 Å². The zero-order chi connectivity index (χ0) is 30.1. The number of allylic oxidation sites excluding steroid dienone is 2. The van der Waals surface area contributed by atoms with E-state index in [1.54, 1.807) is 6.92 Å². The van der Waals surface area contributed by atoms with Crippen LogP contribution in [0, 0.1) is 34.5 Å². The highest BCUT2D eigenvalue weighted by Crippen LogP contribution is 2.68. The van der Waals surface area contributed by atoms with Crippen LogP contribution in [-0.4, -0.2) is 18.2 Å². The molecule has 3 rings (SSSR count). The number of fused-ring (bicyclic) bond motifs is 2. The van der Waals surface area contributed by atoms with Crippen LogP contribution in [0.15, 0.2) is 39.2 Å². The number of aldehydes is 1. The molecule has 0 aromatic heterocycles. The fraction of sp³-hybridized carbons (Fsp3) is 0.500. The van der Waals surface area contributed by atoms with E-state index in [2.05, 4.69) is 19.9 Å². The Kier molecular flexibility index (Phi) is 12.8. The predicted molar refractivity (Wildman–Crippen MR) is 165 cm³/mol. The Balaban J connectivity index is 2.22. The van der Waals surface area contributed by atoms with Gasteiger partial charge in [-0.05, 0) is 32.6 Å². The Morgan fingerprint density at radius 3 is 1.49 bits per heavy atom. The van der Waals surface area contributed by atoms with Gasteiger partial charge < -0.3 is 9.47 Å². The molecule has 0 radical (unpaired) electrons. The molecule has 0 aliphatic carbocycles. The Bertz CT molecular complexity index is 1280. The van der Waals surface area contributed by atoms with E-state index in [-0.39, 0.29) is 29.3 Å². The fourth-order valence-corrected chi connectivity index (χ4v) is 9.46. The lowest BCUT2D eigenvalue weighted by Gasteiger charge is -2.20. The van der Waals surface area contributed by atoms with Crippen molar-refractivity contribution in [2.75, 3.05) is 0 Å². The third kappa shape index (κ3) is 7.56. The average Bonchev–Trinajstić information content (AvgIpc) is 3.61. The van der Waals surface area contributed by atoms with E-state index in [1.807, 2.05) is 19.9 Å². The quantitative estimate of drug-likeness (QED) is 0.0683. The summed E-state index contributed by atoms with van der Waals surface area (Å²) in [4.78, 5) is 40.8. The van der Waals surface area contributed by atoms with Gasteiger partial charge in [0.05, 0.1) is 46.0 Å². The topological polar surface area (TPSA) is 117 Å². The molecule has 1 aromatic rings. The summed E-state index contributed by atoms with van der Waals surface area (Å²) in [7, 11) is 0. The number of benzene rings is 1. The van der Waals surface area contributed by atoms with Crippen molar-refractivity contribution < 1.29 is 23.9 Å². The molecule has 41 heavy (non-hydrogen) atoms. The third-order valence-corrected chi connectivity index (χ3v) is 12.2. The standard InChI is InChI=1S/C30H34N2O5S4/c1-6-10-12-18(8-3)27(34)36-21-23-24(39-29(38-23)17(5)14-31)22(37-28(35)19(9-4)13-11-7-2)26-25(21)40-30(41-26)20(15-32)16-33/h16,18-19H,6-13H2,1-5H3. The molecule has 11 heteroatoms. The van der Waals surface area contributed by atoms with Crippen LogP contribution in [0.25, 0.3) is 0 Å². The van der Waals surface area contributed by atoms with Crippen LogP contribution in [-0.2, 0) is 14.4 Å². The van der Waals surface area contributed by atoms with Crippen LogP contribution in [0.2, 0.25) is 0 Å². The van der Waals surface area contributed by atoms with Gasteiger partial charge >= 0.3 is 11.9 Å². The Morgan fingerprint density at radius 2 is 1.17 bits per heavy atom. The van der Waals surface area contributed by atoms with Crippen molar-refractivity contribution >= 4 is 65.3 Å². The molecule has 0 spiro atoms. The first-order valence-electron chi connectivity index (χ1n) is 13.9. The predicted octanol–water partition coefficient (Wildman–Crippen LogP) is 9.01. The van der Waals surface area contributed by atoms with Gasteiger partial charge in [-0.2, -0.15) is 10.5 Å². The molecule has 0 N–H and O–H groups in total. The summed E-state index contributed by atoms with van der Waals surface area (Å²) in [6, 6.07) is 4.12. The molecule has 2 unspecified atom stereocenters. The van der Waals surface area contributed by atoms with Crippen molar-refractivity contribution in [3.05, 3.63) is 19.6 Å². The van der Waals surface area contributed by atoms with E-state index < -0.39 is 0 Å². The van der Waals surface area contributed by atoms with Crippen molar-refractivity contribution in [3.63, 3.8) is 0 Å². The van der Waals surface area contributed by atoms with Crippen LogP contribution >= 0.6 is 47.0 Å². The van der Waals surface area contributed by atoms with Crippen LogP contribution < -0.4 is 9.47 Å². The molecular formula is C30H34N2O5S4. The van der Waals surface area contributed by atoms with E-state index in [0.717, 1.165) is 25.7 Å². The maximum atomic E-state index is 13.4. The summed E-state index contributed by atoms with van der Waals surface area (Å²) in [5.74, 6) is -0.616. The molecule has 2 aliphatic rings. The maximum absolute atomic E-state index is 13.4. The molecule has 0 saturated carbocycles. The van der Waals surface area contributed by atoms with Gasteiger partial charge in [0.2, 0.25) is 0 Å². The zero-order valence-electron chi connectivity index (χ0n) is 24.0. The highest BCUT2D eigenvalue weighted by molar-refractivity contribution is 8.26. The summed E-state index contributed by atoms with van der Waals surface area (Å²) in [5, 5.41) is 19.2. The molecule has 7 nitrogen and oxygen atoms in total. The molecule has 0 saturated heterocycles. The monoisotopic (exact) mass is 630 g/mol. The minimum absolute atomic E-state index is 0.0455. The lowest BCUT2D eigenvalue weighted by Crippen LogP contribution is -2.22. The first-order valence-corrected chi connectivity index (χ1v) is 17.1. The second-order valence-electron chi connectivity index (χ2n) is 9.68. The van der Waals surface area contributed by atoms with Crippen molar-refractivity contribution in [1.29, 1.82) is 10.5 Å². The summed E-state index contributed by atoms with van der Waals surface area (Å²) in [5.41, 5.74) is 0.458. The number of hydrogen-bond acceptors (Lipinski definition) is 11. The maximum Gasteiger partial charge on any atom is 0.314 e. The van der Waals surface area contributed by atoms with Gasteiger partial charge in [-0.3, -0.25) is 14.4 Å². The Morgan fingerprint density at radius 1 is 0.756 bits per heavy atom. The minimum Gasteiger partial charge on any atom is -0.424 e. The summed E-state index contributed by atoms with van der Waals surface area (Å²) < 4.78 is 13.4. The van der Waals surface area contributed by atoms with Crippen LogP contribution in [0.3, 0.4) is 0 Å². The van der Waals surface area contributed by atoms with Crippen molar-refractivity contribution in [2.24, 2.45) is 11.8 Å². The van der Waals surface area contributed by atoms with Gasteiger partial charge in [-0.25, -0.2) is 0 Å². The molecule has 2 atom stereocenters. The molecular weight excluding hydrogens is 597 g/mol. The molecule has 1 aromatic carbocycles. The highest BCUT2D eigenvalue weighted by atomic mass is 32.2. The molecule has 218 valence electrons. The SMILES string of the molecule is CCCCC(CC)C(=O)Oc1c2c(c(OC(=O)C(CC)CCCC)c3c1SC(=C(C#N)C=O)S3)SC(=C(C)C#N)S2. The highest BCUT2D eigenvalue weighted by Gasteiger charge is 2.40. The number of carbonyl (C=O) groups excluding carboxylic acids is 3. The molecule has 0 amide bonds. The second-order valence-corrected chi connectivity index (χ2v) is 14.3. The number of rotatable bonds is 13. The number of unbranched alkanes of at least 4 members (excludes halogenated alkanes) is 2. The molecule has 2 aliphatic heterocycles. The first kappa shape index (κ1) is 33.2. The van der Waals surface area contributed by atoms with E-state index in [4.69, 9.17) is 9.47 Å². The van der Waals surface area contributed by atoms with Crippen LogP contribution in [0.1, 0.15) is 86.0 Å². The number of esters is 2. The number of carbonyl (C=O) groups is 3. The van der Waals surface area contributed by atoms with E-state index >= 15 is 0 Å². The number of nitriles is 2.